The third kappa shape index (κ3) is 5.06. The minimum Gasteiger partial charge on any atom is -0.444 e. The van der Waals surface area contributed by atoms with E-state index in [1.165, 1.54) is 4.57 Å². The molecule has 1 saturated heterocycles. The van der Waals surface area contributed by atoms with Crippen LogP contribution in [0.4, 0.5) is 10.7 Å². The molecule has 35 heavy (non-hydrogen) atoms. The number of fused-ring (bicyclic) bond motifs is 1. The van der Waals surface area contributed by atoms with E-state index in [1.807, 2.05) is 37.8 Å². The van der Waals surface area contributed by atoms with E-state index in [4.69, 9.17) is 4.74 Å². The van der Waals surface area contributed by atoms with Gasteiger partial charge in [-0.3, -0.25) is 18.9 Å². The van der Waals surface area contributed by atoms with Gasteiger partial charge in [-0.15, -0.1) is 0 Å². The normalized spacial score (nSPS) is 16.2. The highest BCUT2D eigenvalue weighted by molar-refractivity contribution is 5.75. The fourth-order valence-corrected chi connectivity index (χ4v) is 4.30. The zero-order valence-corrected chi connectivity index (χ0v) is 20.3. The Balaban J connectivity index is 1.74. The van der Waals surface area contributed by atoms with Crippen LogP contribution >= 0.6 is 0 Å². The lowest BCUT2D eigenvalue weighted by molar-refractivity contribution is 0.0500. The van der Waals surface area contributed by atoms with Gasteiger partial charge >= 0.3 is 11.8 Å². The Hall–Kier alpha value is -4.07. The maximum absolute atomic E-state index is 12.9. The molecule has 11 heteroatoms. The van der Waals surface area contributed by atoms with Crippen molar-refractivity contribution in [2.24, 2.45) is 7.05 Å². The smallest absolute Gasteiger partial charge is 0.407 e. The maximum Gasteiger partial charge on any atom is 0.407 e. The van der Waals surface area contributed by atoms with E-state index in [0.717, 1.165) is 18.4 Å². The molecular formula is C24H29N7O4. The van der Waals surface area contributed by atoms with Gasteiger partial charge in [-0.25, -0.2) is 9.59 Å². The molecule has 0 spiro atoms. The van der Waals surface area contributed by atoms with Gasteiger partial charge in [0.15, 0.2) is 11.2 Å². The van der Waals surface area contributed by atoms with E-state index in [-0.39, 0.29) is 23.8 Å². The van der Waals surface area contributed by atoms with Crippen molar-refractivity contribution in [2.75, 3.05) is 18.0 Å². The molecule has 1 aromatic carbocycles. The molecule has 1 atom stereocenters. The summed E-state index contributed by atoms with van der Waals surface area (Å²) < 4.78 is 8.43. The number of hydrogen-bond donors (Lipinski definition) is 2. The van der Waals surface area contributed by atoms with Crippen LogP contribution in [0.2, 0.25) is 0 Å². The number of hydrogen-bond acceptors (Lipinski definition) is 7. The predicted octanol–water partition coefficient (Wildman–Crippen LogP) is 1.84. The van der Waals surface area contributed by atoms with Gasteiger partial charge in [0.05, 0.1) is 18.2 Å². The van der Waals surface area contributed by atoms with Crippen molar-refractivity contribution >= 4 is 23.2 Å². The van der Waals surface area contributed by atoms with Gasteiger partial charge in [0, 0.05) is 26.2 Å². The molecule has 0 radical (unpaired) electrons. The number of nitrogens with zero attached hydrogens (tertiary/aromatic N) is 5. The molecule has 11 nitrogen and oxygen atoms in total. The summed E-state index contributed by atoms with van der Waals surface area (Å²) in [5.41, 5.74) is 0.0131. The molecule has 2 N–H and O–H groups in total. The number of alkyl carbamates (subject to hydrolysis) is 1. The van der Waals surface area contributed by atoms with Gasteiger partial charge in [0.2, 0.25) is 5.95 Å². The molecule has 1 aliphatic heterocycles. The number of amides is 1. The molecule has 0 bridgehead atoms. The summed E-state index contributed by atoms with van der Waals surface area (Å²) in [6, 6.07) is 9.16. The number of nitriles is 1. The van der Waals surface area contributed by atoms with Crippen LogP contribution in [0, 0.1) is 11.3 Å². The van der Waals surface area contributed by atoms with Crippen molar-refractivity contribution in [3.05, 3.63) is 56.2 Å². The Kier molecular flexibility index (Phi) is 6.39. The van der Waals surface area contributed by atoms with Crippen LogP contribution in [0.15, 0.2) is 33.9 Å². The Morgan fingerprint density at radius 3 is 2.77 bits per heavy atom. The Morgan fingerprint density at radius 2 is 2.06 bits per heavy atom. The number of rotatable bonds is 4. The molecule has 184 valence electrons. The average Bonchev–Trinajstić information content (AvgIpc) is 3.16. The van der Waals surface area contributed by atoms with Gasteiger partial charge in [-0.05, 0) is 45.2 Å². The lowest BCUT2D eigenvalue weighted by Gasteiger charge is -2.34. The number of H-pyrrole nitrogens is 1. The molecule has 4 rings (SSSR count). The van der Waals surface area contributed by atoms with E-state index in [2.05, 4.69) is 21.4 Å². The van der Waals surface area contributed by atoms with Gasteiger partial charge < -0.3 is 15.0 Å². The first-order chi connectivity index (χ1) is 16.6. The molecule has 1 aliphatic rings. The second-order valence-electron chi connectivity index (χ2n) is 9.69. The Bertz CT molecular complexity index is 1420. The van der Waals surface area contributed by atoms with E-state index in [9.17, 15) is 19.6 Å². The van der Waals surface area contributed by atoms with Crippen LogP contribution < -0.4 is 21.5 Å². The fraction of sp³-hybridized carbons (Fsp3) is 0.458. The summed E-state index contributed by atoms with van der Waals surface area (Å²) in [5.74, 6) is 0.495. The minimum atomic E-state index is -0.605. The van der Waals surface area contributed by atoms with Crippen LogP contribution in [0.3, 0.4) is 0 Å². The van der Waals surface area contributed by atoms with E-state index in [0.29, 0.717) is 24.6 Å². The summed E-state index contributed by atoms with van der Waals surface area (Å²) in [6.07, 6.45) is 1.07. The molecule has 3 heterocycles. The number of aryl methyl sites for hydroxylation is 1. The van der Waals surface area contributed by atoms with Gasteiger partial charge in [0.25, 0.3) is 5.56 Å². The number of ether oxygens (including phenoxy) is 1. The number of imidazole rings is 1. The second-order valence-corrected chi connectivity index (χ2v) is 9.69. The van der Waals surface area contributed by atoms with Crippen molar-refractivity contribution in [1.82, 2.24) is 24.4 Å². The van der Waals surface area contributed by atoms with Crippen molar-refractivity contribution in [2.45, 2.75) is 51.8 Å². The summed E-state index contributed by atoms with van der Waals surface area (Å²) in [5, 5.41) is 12.5. The number of benzene rings is 1. The number of carbonyl (C=O) groups excluding carboxylic acids is 1. The molecule has 2 aromatic heterocycles. The summed E-state index contributed by atoms with van der Waals surface area (Å²) in [7, 11) is 1.55. The lowest BCUT2D eigenvalue weighted by atomic mass is 10.1. The van der Waals surface area contributed by atoms with Crippen LogP contribution in [0.25, 0.3) is 11.2 Å². The van der Waals surface area contributed by atoms with E-state index in [1.54, 1.807) is 23.7 Å². The van der Waals surface area contributed by atoms with E-state index >= 15 is 0 Å². The monoisotopic (exact) mass is 479 g/mol. The highest BCUT2D eigenvalue weighted by atomic mass is 16.6. The summed E-state index contributed by atoms with van der Waals surface area (Å²) in [4.78, 5) is 46.5. The topological polar surface area (TPSA) is 138 Å². The third-order valence-electron chi connectivity index (χ3n) is 5.88. The number of nitrogens with one attached hydrogen (secondary N) is 2. The molecular weight excluding hydrogens is 450 g/mol. The Morgan fingerprint density at radius 1 is 1.31 bits per heavy atom. The van der Waals surface area contributed by atoms with Crippen molar-refractivity contribution in [3.8, 4) is 6.07 Å². The molecule has 1 fully saturated rings. The second kappa shape index (κ2) is 9.29. The summed E-state index contributed by atoms with van der Waals surface area (Å²) >= 11 is 0. The largest absolute Gasteiger partial charge is 0.444 e. The van der Waals surface area contributed by atoms with E-state index < -0.39 is 22.9 Å². The third-order valence-corrected chi connectivity index (χ3v) is 5.88. The summed E-state index contributed by atoms with van der Waals surface area (Å²) in [6.45, 7) is 6.75. The lowest BCUT2D eigenvalue weighted by Crippen LogP contribution is -2.49. The quantitative estimate of drug-likeness (QED) is 0.582. The standard InChI is InChI=1S/C24H29N7O4/c1-24(2,3)35-23(34)26-17-10-7-11-30(14-17)21-27-19-18(20(32)28-22(33)29(19)4)31(21)13-16-9-6-5-8-15(16)12-25/h5-6,8-9,17H,7,10-11,13-14H2,1-4H3,(H,26,34)(H,28,32,33). The highest BCUT2D eigenvalue weighted by Gasteiger charge is 2.28. The molecule has 3 aromatic rings. The van der Waals surface area contributed by atoms with Gasteiger partial charge in [-0.1, -0.05) is 18.2 Å². The predicted molar refractivity (Wildman–Crippen MR) is 130 cm³/mol. The highest BCUT2D eigenvalue weighted by Crippen LogP contribution is 2.25. The molecule has 0 aliphatic carbocycles. The fourth-order valence-electron chi connectivity index (χ4n) is 4.30. The Labute approximate surface area is 201 Å². The molecule has 1 unspecified atom stereocenters. The zero-order valence-electron chi connectivity index (χ0n) is 20.3. The first-order valence-electron chi connectivity index (χ1n) is 11.5. The number of anilines is 1. The van der Waals surface area contributed by atoms with Crippen molar-refractivity contribution in [3.63, 3.8) is 0 Å². The number of aromatic amines is 1. The van der Waals surface area contributed by atoms with Crippen LogP contribution in [0.1, 0.15) is 44.7 Å². The molecule has 0 saturated carbocycles. The van der Waals surface area contributed by atoms with Crippen LogP contribution in [-0.2, 0) is 18.3 Å². The maximum atomic E-state index is 12.9. The first kappa shape index (κ1) is 24.1. The van der Waals surface area contributed by atoms with Crippen LogP contribution in [0.5, 0.6) is 0 Å². The van der Waals surface area contributed by atoms with Gasteiger partial charge in [-0.2, -0.15) is 10.2 Å². The van der Waals surface area contributed by atoms with Gasteiger partial charge in [0.1, 0.15) is 5.60 Å². The number of carbonyl (C=O) groups is 1. The first-order valence-corrected chi connectivity index (χ1v) is 11.5. The molecule has 1 amide bonds. The SMILES string of the molecule is Cn1c(=O)[nH]c(=O)c2c1nc(N1CCCC(NC(=O)OC(C)(C)C)C1)n2Cc1ccccc1C#N. The van der Waals surface area contributed by atoms with Crippen LogP contribution in [-0.4, -0.2) is 49.9 Å². The average molecular weight is 480 g/mol. The zero-order chi connectivity index (χ0) is 25.3. The number of piperidine rings is 1. The minimum absolute atomic E-state index is 0.180. The van der Waals surface area contributed by atoms with Crippen molar-refractivity contribution < 1.29 is 9.53 Å². The van der Waals surface area contributed by atoms with Crippen molar-refractivity contribution in [1.29, 1.82) is 5.26 Å². The number of aromatic nitrogens is 4.